The maximum Gasteiger partial charge on any atom is 0.319 e. The first kappa shape index (κ1) is 21.4. The van der Waals surface area contributed by atoms with Crippen LogP contribution in [0.4, 0.5) is 10.5 Å². The molecule has 2 aliphatic rings. The Hall–Kier alpha value is -3.47. The predicted octanol–water partition coefficient (Wildman–Crippen LogP) is 2.75. The number of rotatable bonds is 7. The van der Waals surface area contributed by atoms with Crippen LogP contribution in [0.25, 0.3) is 0 Å². The van der Waals surface area contributed by atoms with Gasteiger partial charge in [0.05, 0.1) is 32.1 Å². The van der Waals surface area contributed by atoms with Crippen LogP contribution in [0.1, 0.15) is 11.7 Å². The van der Waals surface area contributed by atoms with Gasteiger partial charge in [-0.25, -0.2) is 9.48 Å². The number of benzene rings is 2. The summed E-state index contributed by atoms with van der Waals surface area (Å²) in [5.74, 6) is 1.44. The van der Waals surface area contributed by atoms with E-state index in [9.17, 15) is 4.79 Å². The zero-order valence-corrected chi connectivity index (χ0v) is 18.1. The molecular formula is C23H25N5O5. The van der Waals surface area contributed by atoms with E-state index in [2.05, 4.69) is 20.9 Å². The van der Waals surface area contributed by atoms with Gasteiger partial charge in [0, 0.05) is 12.8 Å². The van der Waals surface area contributed by atoms with Crippen LogP contribution in [0, 0.1) is 0 Å². The molecule has 0 unspecified atom stereocenters. The van der Waals surface area contributed by atoms with Crippen molar-refractivity contribution in [2.75, 3.05) is 25.6 Å². The van der Waals surface area contributed by atoms with E-state index >= 15 is 0 Å². The topological polar surface area (TPSA) is 109 Å². The maximum atomic E-state index is 12.6. The Morgan fingerprint density at radius 3 is 2.61 bits per heavy atom. The number of carbonyl (C=O) groups is 1. The van der Waals surface area contributed by atoms with Crippen molar-refractivity contribution in [1.82, 2.24) is 20.3 Å². The highest BCUT2D eigenvalue weighted by Crippen LogP contribution is 2.34. The molecule has 0 spiro atoms. The zero-order valence-electron chi connectivity index (χ0n) is 18.1. The summed E-state index contributed by atoms with van der Waals surface area (Å²) in [6.45, 7) is 1.20. The molecule has 0 saturated carbocycles. The average molecular weight is 451 g/mol. The van der Waals surface area contributed by atoms with E-state index < -0.39 is 0 Å². The fourth-order valence-corrected chi connectivity index (χ4v) is 4.09. The molecule has 2 aliphatic heterocycles. The summed E-state index contributed by atoms with van der Waals surface area (Å²) in [5.41, 5.74) is 1.40. The van der Waals surface area contributed by atoms with Crippen LogP contribution in [0.3, 0.4) is 0 Å². The minimum absolute atomic E-state index is 0.0971. The molecule has 2 amide bonds. The van der Waals surface area contributed by atoms with Crippen LogP contribution >= 0.6 is 0 Å². The molecule has 0 radical (unpaired) electrons. The smallest absolute Gasteiger partial charge is 0.319 e. The van der Waals surface area contributed by atoms with Gasteiger partial charge in [-0.05, 0) is 36.4 Å². The van der Waals surface area contributed by atoms with E-state index in [0.717, 1.165) is 11.4 Å². The Bertz CT molecular complexity index is 1070. The van der Waals surface area contributed by atoms with Crippen molar-refractivity contribution in [3.8, 4) is 11.5 Å². The normalized spacial score (nSPS) is 23.8. The molecule has 2 fully saturated rings. The van der Waals surface area contributed by atoms with Crippen molar-refractivity contribution in [2.24, 2.45) is 0 Å². The lowest BCUT2D eigenvalue weighted by molar-refractivity contribution is 0.0622. The number of hydrogen-bond donors (Lipinski definition) is 2. The number of urea groups is 1. The summed E-state index contributed by atoms with van der Waals surface area (Å²) in [6, 6.07) is 16.0. The maximum absolute atomic E-state index is 12.6. The van der Waals surface area contributed by atoms with Crippen LogP contribution in [0.15, 0.2) is 60.8 Å². The summed E-state index contributed by atoms with van der Waals surface area (Å²) in [7, 11) is 1.61. The van der Waals surface area contributed by atoms with Gasteiger partial charge in [0.25, 0.3) is 0 Å². The number of nitrogens with one attached hydrogen (secondary N) is 2. The Kier molecular flexibility index (Phi) is 6.20. The number of hydrogen-bond acceptors (Lipinski definition) is 7. The standard InChI is InChI=1S/C23H25N5O5/c1-30-12-16-11-28(27-26-16)20-14-32-21-19(13-31-22(20)21)25-23(29)24-15-7-9-18(10-8-15)33-17-5-3-2-4-6-17/h2-11,19-22H,12-14H2,1H3,(H2,24,25,29)/t19-,20-,21+,22+/m0/s1. The number of nitrogens with zero attached hydrogens (tertiary/aromatic N) is 3. The summed E-state index contributed by atoms with van der Waals surface area (Å²) in [4.78, 5) is 12.6. The van der Waals surface area contributed by atoms with Crippen molar-refractivity contribution >= 4 is 11.7 Å². The van der Waals surface area contributed by atoms with Crippen LogP contribution in [0.5, 0.6) is 11.5 Å². The van der Waals surface area contributed by atoms with Crippen LogP contribution in [-0.2, 0) is 20.8 Å². The third kappa shape index (κ3) is 4.82. The van der Waals surface area contributed by atoms with Gasteiger partial charge in [-0.3, -0.25) is 0 Å². The third-order valence-corrected chi connectivity index (χ3v) is 5.62. The molecule has 1 aromatic heterocycles. The van der Waals surface area contributed by atoms with E-state index in [1.54, 1.807) is 36.1 Å². The Morgan fingerprint density at radius 1 is 1.06 bits per heavy atom. The number of ether oxygens (including phenoxy) is 4. The molecule has 2 saturated heterocycles. The van der Waals surface area contributed by atoms with Gasteiger partial charge in [0.15, 0.2) is 0 Å². The quantitative estimate of drug-likeness (QED) is 0.569. The van der Waals surface area contributed by atoms with E-state index in [4.69, 9.17) is 18.9 Å². The molecule has 3 heterocycles. The molecular weight excluding hydrogens is 426 g/mol. The van der Waals surface area contributed by atoms with Gasteiger partial charge in [0.1, 0.15) is 35.4 Å². The molecule has 3 aromatic rings. The van der Waals surface area contributed by atoms with Crippen LogP contribution in [-0.4, -0.2) is 59.6 Å². The molecule has 5 rings (SSSR count). The first-order chi connectivity index (χ1) is 16.2. The largest absolute Gasteiger partial charge is 0.457 e. The molecule has 0 bridgehead atoms. The third-order valence-electron chi connectivity index (χ3n) is 5.62. The highest BCUT2D eigenvalue weighted by molar-refractivity contribution is 5.89. The van der Waals surface area contributed by atoms with Crippen molar-refractivity contribution in [2.45, 2.75) is 30.9 Å². The molecule has 10 heteroatoms. The first-order valence-electron chi connectivity index (χ1n) is 10.7. The van der Waals surface area contributed by atoms with E-state index in [1.165, 1.54) is 0 Å². The molecule has 2 N–H and O–H groups in total. The summed E-state index contributed by atoms with van der Waals surface area (Å²) in [6.07, 6.45) is 1.38. The summed E-state index contributed by atoms with van der Waals surface area (Å²) < 4.78 is 24.5. The van der Waals surface area contributed by atoms with Crippen molar-refractivity contribution < 1.29 is 23.7 Å². The van der Waals surface area contributed by atoms with Gasteiger partial charge < -0.3 is 29.6 Å². The molecule has 10 nitrogen and oxygen atoms in total. The fraction of sp³-hybridized carbons (Fsp3) is 0.348. The van der Waals surface area contributed by atoms with Crippen molar-refractivity contribution in [3.05, 3.63) is 66.5 Å². The monoisotopic (exact) mass is 451 g/mol. The van der Waals surface area contributed by atoms with Gasteiger partial charge in [-0.1, -0.05) is 23.4 Å². The number of methoxy groups -OCH3 is 1. The number of amides is 2. The molecule has 2 aromatic carbocycles. The second-order valence-corrected chi connectivity index (χ2v) is 7.93. The number of aromatic nitrogens is 3. The summed E-state index contributed by atoms with van der Waals surface area (Å²) >= 11 is 0. The molecule has 33 heavy (non-hydrogen) atoms. The SMILES string of the molecule is COCc1cn([C@H]2CO[C@H]3[C@@H]2OC[C@@H]3NC(=O)Nc2ccc(Oc3ccccc3)cc2)nn1. The van der Waals surface area contributed by atoms with E-state index in [-0.39, 0.29) is 30.3 Å². The predicted molar refractivity (Wildman–Crippen MR) is 118 cm³/mol. The Balaban J connectivity index is 1.14. The lowest BCUT2D eigenvalue weighted by atomic mass is 10.1. The minimum atomic E-state index is -0.323. The van der Waals surface area contributed by atoms with Crippen molar-refractivity contribution in [1.29, 1.82) is 0 Å². The Labute approximate surface area is 190 Å². The number of para-hydroxylation sites is 1. The second kappa shape index (κ2) is 9.57. The number of carbonyl (C=O) groups excluding carboxylic acids is 1. The number of fused-ring (bicyclic) bond motifs is 1. The fourth-order valence-electron chi connectivity index (χ4n) is 4.09. The molecule has 4 atom stereocenters. The van der Waals surface area contributed by atoms with Crippen molar-refractivity contribution in [3.63, 3.8) is 0 Å². The highest BCUT2D eigenvalue weighted by Gasteiger charge is 2.49. The van der Waals surface area contributed by atoms with Crippen LogP contribution < -0.4 is 15.4 Å². The minimum Gasteiger partial charge on any atom is -0.457 e. The highest BCUT2D eigenvalue weighted by atomic mass is 16.6. The second-order valence-electron chi connectivity index (χ2n) is 7.93. The summed E-state index contributed by atoms with van der Waals surface area (Å²) in [5, 5.41) is 14.1. The zero-order chi connectivity index (χ0) is 22.6. The van der Waals surface area contributed by atoms with Crippen LogP contribution in [0.2, 0.25) is 0 Å². The van der Waals surface area contributed by atoms with E-state index in [1.807, 2.05) is 36.5 Å². The average Bonchev–Trinajstić information content (AvgIpc) is 3.54. The Morgan fingerprint density at radius 2 is 1.82 bits per heavy atom. The lowest BCUT2D eigenvalue weighted by Gasteiger charge is -2.18. The van der Waals surface area contributed by atoms with Gasteiger partial charge in [-0.2, -0.15) is 0 Å². The molecule has 172 valence electrons. The van der Waals surface area contributed by atoms with Gasteiger partial charge >= 0.3 is 6.03 Å². The van der Waals surface area contributed by atoms with E-state index in [0.29, 0.717) is 31.3 Å². The number of anilines is 1. The molecule has 0 aliphatic carbocycles. The van der Waals surface area contributed by atoms with Gasteiger partial charge in [-0.15, -0.1) is 5.10 Å². The van der Waals surface area contributed by atoms with Gasteiger partial charge in [0.2, 0.25) is 0 Å². The first-order valence-corrected chi connectivity index (χ1v) is 10.7. The lowest BCUT2D eigenvalue weighted by Crippen LogP contribution is -2.45.